The number of halogens is 1. The van der Waals surface area contributed by atoms with Gasteiger partial charge in [0.15, 0.2) is 11.5 Å². The molecule has 110 valence electrons. The van der Waals surface area contributed by atoms with Crippen LogP contribution in [0.4, 0.5) is 5.69 Å². The third-order valence-electron chi connectivity index (χ3n) is 3.48. The van der Waals surface area contributed by atoms with Gasteiger partial charge in [0.05, 0.1) is 10.5 Å². The number of hydrogen-bond donors (Lipinski definition) is 2. The highest BCUT2D eigenvalue weighted by molar-refractivity contribution is 9.10. The SMILES string of the molecule is Cc1ccc(NC(CN)c2cc(Br)c3c(c2)OCO3)cc1. The first-order valence-corrected chi connectivity index (χ1v) is 7.59. The first-order valence-electron chi connectivity index (χ1n) is 6.79. The number of anilines is 1. The molecule has 4 nitrogen and oxygen atoms in total. The number of rotatable bonds is 4. The molecule has 2 aromatic rings. The van der Waals surface area contributed by atoms with E-state index >= 15 is 0 Å². The van der Waals surface area contributed by atoms with Gasteiger partial charge in [0.1, 0.15) is 0 Å². The molecule has 0 aliphatic carbocycles. The Morgan fingerprint density at radius 1 is 1.24 bits per heavy atom. The van der Waals surface area contributed by atoms with Crippen LogP contribution in [0.25, 0.3) is 0 Å². The van der Waals surface area contributed by atoms with Crippen LogP contribution in [-0.2, 0) is 0 Å². The van der Waals surface area contributed by atoms with Crippen molar-refractivity contribution in [1.29, 1.82) is 0 Å². The molecule has 1 aliphatic rings. The van der Waals surface area contributed by atoms with Crippen molar-refractivity contribution in [2.45, 2.75) is 13.0 Å². The summed E-state index contributed by atoms with van der Waals surface area (Å²) in [5, 5.41) is 3.45. The molecule has 0 fully saturated rings. The number of aryl methyl sites for hydroxylation is 1. The Kier molecular flexibility index (Phi) is 4.03. The highest BCUT2D eigenvalue weighted by atomic mass is 79.9. The Morgan fingerprint density at radius 2 is 2.00 bits per heavy atom. The molecule has 0 spiro atoms. The zero-order chi connectivity index (χ0) is 14.8. The fourth-order valence-corrected chi connectivity index (χ4v) is 2.89. The average Bonchev–Trinajstić information content (AvgIpc) is 2.95. The Labute approximate surface area is 132 Å². The molecular weight excluding hydrogens is 332 g/mol. The van der Waals surface area contributed by atoms with Gasteiger partial charge in [-0.1, -0.05) is 17.7 Å². The molecule has 21 heavy (non-hydrogen) atoms. The highest BCUT2D eigenvalue weighted by Crippen LogP contribution is 2.41. The molecule has 1 heterocycles. The quantitative estimate of drug-likeness (QED) is 0.886. The molecule has 0 saturated heterocycles. The van der Waals surface area contributed by atoms with Crippen LogP contribution in [0, 0.1) is 6.92 Å². The summed E-state index contributed by atoms with van der Waals surface area (Å²) in [7, 11) is 0. The van der Waals surface area contributed by atoms with Gasteiger partial charge in [-0.15, -0.1) is 0 Å². The molecule has 0 bridgehead atoms. The van der Waals surface area contributed by atoms with Crippen molar-refractivity contribution in [1.82, 2.24) is 0 Å². The number of nitrogens with one attached hydrogen (secondary N) is 1. The average molecular weight is 349 g/mol. The first-order chi connectivity index (χ1) is 10.2. The predicted octanol–water partition coefficient (Wildman–Crippen LogP) is 3.60. The lowest BCUT2D eigenvalue weighted by molar-refractivity contribution is 0.173. The molecule has 3 N–H and O–H groups in total. The summed E-state index contributed by atoms with van der Waals surface area (Å²) in [6.45, 7) is 2.81. The van der Waals surface area contributed by atoms with E-state index in [1.165, 1.54) is 5.56 Å². The molecular formula is C16H17BrN2O2. The Balaban J connectivity index is 1.86. The Hall–Kier alpha value is -1.72. The van der Waals surface area contributed by atoms with Gasteiger partial charge >= 0.3 is 0 Å². The van der Waals surface area contributed by atoms with E-state index in [1.54, 1.807) is 0 Å². The van der Waals surface area contributed by atoms with Gasteiger partial charge in [-0.2, -0.15) is 0 Å². The van der Waals surface area contributed by atoms with E-state index in [4.69, 9.17) is 15.2 Å². The largest absolute Gasteiger partial charge is 0.454 e. The minimum atomic E-state index is 0.0125. The van der Waals surface area contributed by atoms with Crippen LogP contribution in [0.15, 0.2) is 40.9 Å². The second kappa shape index (κ2) is 5.95. The van der Waals surface area contributed by atoms with Crippen LogP contribution in [0.5, 0.6) is 11.5 Å². The summed E-state index contributed by atoms with van der Waals surface area (Å²) in [5.41, 5.74) is 9.27. The van der Waals surface area contributed by atoms with E-state index < -0.39 is 0 Å². The van der Waals surface area contributed by atoms with Crippen molar-refractivity contribution in [2.75, 3.05) is 18.7 Å². The molecule has 0 aromatic heterocycles. The van der Waals surface area contributed by atoms with Gasteiger partial charge in [-0.3, -0.25) is 0 Å². The second-order valence-corrected chi connectivity index (χ2v) is 5.89. The van der Waals surface area contributed by atoms with Crippen molar-refractivity contribution in [3.05, 3.63) is 52.0 Å². The smallest absolute Gasteiger partial charge is 0.231 e. The minimum Gasteiger partial charge on any atom is -0.454 e. The summed E-state index contributed by atoms with van der Waals surface area (Å²) in [6.07, 6.45) is 0. The van der Waals surface area contributed by atoms with Crippen LogP contribution in [0.3, 0.4) is 0 Å². The number of benzene rings is 2. The Bertz CT molecular complexity index is 643. The summed E-state index contributed by atoms with van der Waals surface area (Å²) in [5.74, 6) is 1.51. The lowest BCUT2D eigenvalue weighted by Crippen LogP contribution is -2.20. The van der Waals surface area contributed by atoms with Crippen molar-refractivity contribution in [3.8, 4) is 11.5 Å². The van der Waals surface area contributed by atoms with E-state index in [-0.39, 0.29) is 12.8 Å². The zero-order valence-corrected chi connectivity index (χ0v) is 13.3. The van der Waals surface area contributed by atoms with Gasteiger partial charge in [0, 0.05) is 12.2 Å². The van der Waals surface area contributed by atoms with E-state index in [0.29, 0.717) is 6.54 Å². The molecule has 5 heteroatoms. The summed E-state index contributed by atoms with van der Waals surface area (Å²) in [6, 6.07) is 12.3. The molecule has 0 saturated carbocycles. The summed E-state index contributed by atoms with van der Waals surface area (Å²) < 4.78 is 11.8. The van der Waals surface area contributed by atoms with Crippen molar-refractivity contribution in [3.63, 3.8) is 0 Å². The van der Waals surface area contributed by atoms with E-state index in [1.807, 2.05) is 12.1 Å². The number of hydrogen-bond acceptors (Lipinski definition) is 4. The van der Waals surface area contributed by atoms with Crippen LogP contribution < -0.4 is 20.5 Å². The summed E-state index contributed by atoms with van der Waals surface area (Å²) in [4.78, 5) is 0. The fraction of sp³-hybridized carbons (Fsp3) is 0.250. The van der Waals surface area contributed by atoms with Crippen LogP contribution in [0.2, 0.25) is 0 Å². The molecule has 2 aromatic carbocycles. The van der Waals surface area contributed by atoms with E-state index in [2.05, 4.69) is 52.4 Å². The van der Waals surface area contributed by atoms with Gasteiger partial charge < -0.3 is 20.5 Å². The summed E-state index contributed by atoms with van der Waals surface area (Å²) >= 11 is 3.52. The van der Waals surface area contributed by atoms with Crippen LogP contribution >= 0.6 is 15.9 Å². The van der Waals surface area contributed by atoms with E-state index in [9.17, 15) is 0 Å². The standard InChI is InChI=1S/C16H17BrN2O2/c1-10-2-4-12(5-3-10)19-14(8-18)11-6-13(17)16-15(7-11)20-9-21-16/h2-7,14,19H,8-9,18H2,1H3. The molecule has 1 unspecified atom stereocenters. The lowest BCUT2D eigenvalue weighted by atomic mass is 10.1. The fourth-order valence-electron chi connectivity index (χ4n) is 2.32. The highest BCUT2D eigenvalue weighted by Gasteiger charge is 2.21. The molecule has 3 rings (SSSR count). The maximum absolute atomic E-state index is 5.93. The maximum atomic E-state index is 5.93. The van der Waals surface area contributed by atoms with Gasteiger partial charge in [-0.05, 0) is 52.7 Å². The third kappa shape index (κ3) is 2.99. The number of nitrogens with two attached hydrogens (primary N) is 1. The molecule has 1 aliphatic heterocycles. The van der Waals surface area contributed by atoms with Gasteiger partial charge in [-0.25, -0.2) is 0 Å². The maximum Gasteiger partial charge on any atom is 0.231 e. The zero-order valence-electron chi connectivity index (χ0n) is 11.7. The first kappa shape index (κ1) is 14.2. The van der Waals surface area contributed by atoms with E-state index in [0.717, 1.165) is 27.2 Å². The molecule has 0 amide bonds. The molecule has 1 atom stereocenters. The third-order valence-corrected chi connectivity index (χ3v) is 4.07. The van der Waals surface area contributed by atoms with Crippen molar-refractivity contribution >= 4 is 21.6 Å². The normalized spacial score (nSPS) is 14.0. The van der Waals surface area contributed by atoms with Crippen LogP contribution in [0.1, 0.15) is 17.2 Å². The Morgan fingerprint density at radius 3 is 2.71 bits per heavy atom. The monoisotopic (exact) mass is 348 g/mol. The van der Waals surface area contributed by atoms with Gasteiger partial charge in [0.25, 0.3) is 0 Å². The van der Waals surface area contributed by atoms with Crippen molar-refractivity contribution < 1.29 is 9.47 Å². The van der Waals surface area contributed by atoms with Crippen molar-refractivity contribution in [2.24, 2.45) is 5.73 Å². The number of fused-ring (bicyclic) bond motifs is 1. The second-order valence-electron chi connectivity index (χ2n) is 5.04. The minimum absolute atomic E-state index is 0.0125. The van der Waals surface area contributed by atoms with Gasteiger partial charge in [0.2, 0.25) is 6.79 Å². The lowest BCUT2D eigenvalue weighted by Gasteiger charge is -2.19. The molecule has 0 radical (unpaired) electrons. The number of ether oxygens (including phenoxy) is 2. The predicted molar refractivity (Wildman–Crippen MR) is 86.9 cm³/mol. The van der Waals surface area contributed by atoms with Crippen LogP contribution in [-0.4, -0.2) is 13.3 Å². The topological polar surface area (TPSA) is 56.5 Å².